The van der Waals surface area contributed by atoms with E-state index in [-0.39, 0.29) is 16.8 Å². The molecule has 1 N–H and O–H groups in total. The Bertz CT molecular complexity index is 467. The second-order valence-electron chi connectivity index (χ2n) is 6.83. The Hall–Kier alpha value is -0.550. The van der Waals surface area contributed by atoms with Crippen molar-refractivity contribution in [1.29, 1.82) is 0 Å². The van der Waals surface area contributed by atoms with E-state index >= 15 is 0 Å². The molecule has 1 amide bonds. The lowest BCUT2D eigenvalue weighted by atomic mass is 9.96. The highest BCUT2D eigenvalue weighted by atomic mass is 32.2. The highest BCUT2D eigenvalue weighted by molar-refractivity contribution is 8.16. The first-order valence-electron chi connectivity index (χ1n) is 7.79. The fraction of sp³-hybridized carbons (Fsp3) is 0.867. The Kier molecular flexibility index (Phi) is 3.11. The third kappa shape index (κ3) is 2.01. The van der Waals surface area contributed by atoms with Crippen molar-refractivity contribution < 1.29 is 9.53 Å². The van der Waals surface area contributed by atoms with E-state index in [2.05, 4.69) is 5.32 Å². The summed E-state index contributed by atoms with van der Waals surface area (Å²) in [5.74, 6) is 1.83. The van der Waals surface area contributed by atoms with E-state index in [1.807, 2.05) is 0 Å². The van der Waals surface area contributed by atoms with Gasteiger partial charge in [-0.15, -0.1) is 0 Å². The molecule has 4 rings (SSSR count). The fourth-order valence-corrected chi connectivity index (χ4v) is 5.85. The van der Waals surface area contributed by atoms with Crippen LogP contribution in [0.5, 0.6) is 0 Å². The summed E-state index contributed by atoms with van der Waals surface area (Å²) in [6, 6.07) is 0.464. The maximum atomic E-state index is 12.3. The van der Waals surface area contributed by atoms with Crippen molar-refractivity contribution in [3.63, 3.8) is 0 Å². The highest BCUT2D eigenvalue weighted by Gasteiger charge is 2.52. The molecular weight excluding hydrogens is 272 g/mol. The first-order chi connectivity index (χ1) is 9.68. The largest absolute Gasteiger partial charge is 0.381 e. The van der Waals surface area contributed by atoms with E-state index in [1.54, 1.807) is 18.9 Å². The van der Waals surface area contributed by atoms with Crippen LogP contribution < -0.4 is 5.32 Å². The molecule has 4 fully saturated rings. The number of ether oxygens (including phenoxy) is 1. The van der Waals surface area contributed by atoms with Gasteiger partial charge in [0.1, 0.15) is 4.75 Å². The van der Waals surface area contributed by atoms with Crippen LogP contribution in [-0.4, -0.2) is 35.1 Å². The Labute approximate surface area is 124 Å². The predicted octanol–water partition coefficient (Wildman–Crippen LogP) is 2.33. The topological polar surface area (TPSA) is 50.7 Å². The Morgan fingerprint density at radius 2 is 2.25 bits per heavy atom. The molecule has 0 radical (unpaired) electrons. The number of methoxy groups -OCH3 is 1. The molecule has 3 saturated carbocycles. The Balaban J connectivity index is 1.48. The number of nitrogens with one attached hydrogen (secondary N) is 1. The maximum absolute atomic E-state index is 12.3. The summed E-state index contributed by atoms with van der Waals surface area (Å²) < 4.78 is 5.13. The molecule has 2 bridgehead atoms. The summed E-state index contributed by atoms with van der Waals surface area (Å²) in [4.78, 5) is 17.2. The minimum absolute atomic E-state index is 0.156. The van der Waals surface area contributed by atoms with E-state index in [0.717, 1.165) is 36.3 Å². The van der Waals surface area contributed by atoms with Gasteiger partial charge in [0.05, 0.1) is 12.1 Å². The summed E-state index contributed by atoms with van der Waals surface area (Å²) in [6.07, 6.45) is 8.28. The van der Waals surface area contributed by atoms with Crippen molar-refractivity contribution >= 4 is 22.8 Å². The first kappa shape index (κ1) is 13.1. The third-order valence-corrected chi connectivity index (χ3v) is 7.02. The second kappa shape index (κ2) is 4.73. The van der Waals surface area contributed by atoms with Crippen molar-refractivity contribution in [3.05, 3.63) is 0 Å². The molecule has 3 aliphatic carbocycles. The van der Waals surface area contributed by atoms with Crippen molar-refractivity contribution in [1.82, 2.24) is 5.32 Å². The second-order valence-corrected chi connectivity index (χ2v) is 8.20. The van der Waals surface area contributed by atoms with Gasteiger partial charge in [-0.3, -0.25) is 9.79 Å². The van der Waals surface area contributed by atoms with E-state index in [1.165, 1.54) is 25.7 Å². The van der Waals surface area contributed by atoms with Gasteiger partial charge in [-0.25, -0.2) is 0 Å². The predicted molar refractivity (Wildman–Crippen MR) is 79.8 cm³/mol. The Morgan fingerprint density at radius 3 is 2.90 bits per heavy atom. The van der Waals surface area contributed by atoms with Crippen LogP contribution >= 0.6 is 11.8 Å². The number of fused-ring (bicyclic) bond motifs is 2. The van der Waals surface area contributed by atoms with E-state index < -0.39 is 0 Å². The number of amidine groups is 1. The summed E-state index contributed by atoms with van der Waals surface area (Å²) in [6.45, 7) is 0. The van der Waals surface area contributed by atoms with E-state index in [4.69, 9.17) is 9.73 Å². The highest BCUT2D eigenvalue weighted by Crippen LogP contribution is 2.49. The number of hydrogen-bond acceptors (Lipinski definition) is 4. The molecule has 0 aromatic heterocycles. The van der Waals surface area contributed by atoms with E-state index in [0.29, 0.717) is 6.04 Å². The van der Waals surface area contributed by atoms with Crippen LogP contribution in [0.4, 0.5) is 0 Å². The van der Waals surface area contributed by atoms with Gasteiger partial charge >= 0.3 is 0 Å². The van der Waals surface area contributed by atoms with Crippen LogP contribution in [-0.2, 0) is 9.53 Å². The molecule has 0 aromatic rings. The average Bonchev–Trinajstić information content (AvgIpc) is 3.16. The van der Waals surface area contributed by atoms with Crippen molar-refractivity contribution in [2.24, 2.45) is 16.8 Å². The van der Waals surface area contributed by atoms with Gasteiger partial charge in [-0.1, -0.05) is 18.2 Å². The number of carbonyl (C=O) groups is 1. The molecule has 2 unspecified atom stereocenters. The van der Waals surface area contributed by atoms with E-state index in [9.17, 15) is 4.79 Å². The molecule has 0 aromatic carbocycles. The van der Waals surface area contributed by atoms with Gasteiger partial charge in [0, 0.05) is 7.11 Å². The molecule has 1 spiro atoms. The van der Waals surface area contributed by atoms with Crippen LogP contribution in [0.15, 0.2) is 4.99 Å². The SMILES string of the molecule is COC1CCC2(C1)SC(=N[C@H]1C[C@@H]3CC[C@H]1C3)NC2=O. The van der Waals surface area contributed by atoms with Crippen molar-refractivity contribution in [2.45, 2.75) is 61.8 Å². The standard InChI is InChI=1S/C15H22N2O2S/c1-19-11-4-5-15(8-11)13(18)17-14(20-15)16-12-7-9-2-3-10(12)6-9/h9-12H,2-8H2,1H3,(H,16,17,18)/t9-,10+,11?,12+,15?/m1/s1. The van der Waals surface area contributed by atoms with Gasteiger partial charge in [-0.05, 0) is 50.4 Å². The number of nitrogens with zero attached hydrogens (tertiary/aromatic N) is 1. The lowest BCUT2D eigenvalue weighted by molar-refractivity contribution is -0.121. The normalized spacial score (nSPS) is 48.6. The Morgan fingerprint density at radius 1 is 1.35 bits per heavy atom. The maximum Gasteiger partial charge on any atom is 0.242 e. The zero-order chi connectivity index (χ0) is 13.7. The zero-order valence-electron chi connectivity index (χ0n) is 11.9. The first-order valence-corrected chi connectivity index (χ1v) is 8.61. The molecule has 110 valence electrons. The van der Waals surface area contributed by atoms with Crippen molar-refractivity contribution in [3.8, 4) is 0 Å². The number of carbonyl (C=O) groups excluding carboxylic acids is 1. The fourth-order valence-electron chi connectivity index (χ4n) is 4.51. The molecular formula is C15H22N2O2S. The van der Waals surface area contributed by atoms with Crippen molar-refractivity contribution in [2.75, 3.05) is 7.11 Å². The van der Waals surface area contributed by atoms with Gasteiger partial charge < -0.3 is 10.1 Å². The molecule has 4 aliphatic rings. The summed E-state index contributed by atoms with van der Waals surface area (Å²) in [7, 11) is 1.74. The number of rotatable bonds is 2. The monoisotopic (exact) mass is 294 g/mol. The minimum Gasteiger partial charge on any atom is -0.381 e. The molecule has 5 heteroatoms. The summed E-state index contributed by atoms with van der Waals surface area (Å²) >= 11 is 1.67. The molecule has 5 atom stereocenters. The number of amides is 1. The van der Waals surface area contributed by atoms with Gasteiger partial charge in [0.2, 0.25) is 5.91 Å². The van der Waals surface area contributed by atoms with Crippen LogP contribution in [0.3, 0.4) is 0 Å². The smallest absolute Gasteiger partial charge is 0.242 e. The van der Waals surface area contributed by atoms with Crippen LogP contribution in [0.1, 0.15) is 44.9 Å². The zero-order valence-corrected chi connectivity index (χ0v) is 12.7. The van der Waals surface area contributed by atoms with Gasteiger partial charge in [0.25, 0.3) is 0 Å². The van der Waals surface area contributed by atoms with Crippen LogP contribution in [0, 0.1) is 11.8 Å². The number of thioether (sulfide) groups is 1. The summed E-state index contributed by atoms with van der Waals surface area (Å²) in [5.41, 5.74) is 0. The third-order valence-electron chi connectivity index (χ3n) is 5.67. The average molecular weight is 294 g/mol. The van der Waals surface area contributed by atoms with Crippen LogP contribution in [0.25, 0.3) is 0 Å². The van der Waals surface area contributed by atoms with Gasteiger partial charge in [-0.2, -0.15) is 0 Å². The number of hydrogen-bond donors (Lipinski definition) is 1. The lowest BCUT2D eigenvalue weighted by Crippen LogP contribution is -2.35. The molecule has 1 heterocycles. The van der Waals surface area contributed by atoms with Gasteiger partial charge in [0.15, 0.2) is 5.17 Å². The van der Waals surface area contributed by atoms with Crippen LogP contribution in [0.2, 0.25) is 0 Å². The summed E-state index contributed by atoms with van der Waals surface area (Å²) in [5, 5.41) is 3.92. The number of aliphatic imine (C=N–C) groups is 1. The molecule has 20 heavy (non-hydrogen) atoms. The molecule has 1 aliphatic heterocycles. The quantitative estimate of drug-likeness (QED) is 0.850. The lowest BCUT2D eigenvalue weighted by Gasteiger charge is -2.18. The molecule has 1 saturated heterocycles. The minimum atomic E-state index is -0.295. The molecule has 4 nitrogen and oxygen atoms in total.